The van der Waals surface area contributed by atoms with Crippen LogP contribution in [0.4, 0.5) is 5.69 Å². The Hall–Kier alpha value is -3.32. The fraction of sp³-hybridized carbons (Fsp3) is 0.200. The van der Waals surface area contributed by atoms with E-state index in [0.29, 0.717) is 11.4 Å². The molecule has 3 heterocycles. The Kier molecular flexibility index (Phi) is 4.76. The van der Waals surface area contributed by atoms with Gasteiger partial charge in [-0.3, -0.25) is 4.68 Å². The highest BCUT2D eigenvalue weighted by atomic mass is 16.3. The second kappa shape index (κ2) is 7.51. The maximum atomic E-state index is 9.12. The highest BCUT2D eigenvalue weighted by Gasteiger charge is 2.12. The maximum Gasteiger partial charge on any atom is 0.159 e. The molecule has 0 unspecified atom stereocenters. The lowest BCUT2D eigenvalue weighted by molar-refractivity contribution is 0.281. The molecule has 0 atom stereocenters. The summed E-state index contributed by atoms with van der Waals surface area (Å²) in [4.78, 5) is 8.66. The van der Waals surface area contributed by atoms with Crippen molar-refractivity contribution >= 4 is 11.4 Å². The number of aryl methyl sites for hydroxylation is 1. The summed E-state index contributed by atoms with van der Waals surface area (Å²) in [6.45, 7) is -0.0545. The van der Waals surface area contributed by atoms with Gasteiger partial charge < -0.3 is 5.11 Å². The van der Waals surface area contributed by atoms with Crippen LogP contribution in [0.2, 0.25) is 0 Å². The van der Waals surface area contributed by atoms with Crippen LogP contribution in [0.25, 0.3) is 11.4 Å². The van der Waals surface area contributed by atoms with Crippen molar-refractivity contribution < 1.29 is 5.11 Å². The van der Waals surface area contributed by atoms with Crippen LogP contribution < -0.4 is 5.01 Å². The van der Waals surface area contributed by atoms with Crippen molar-refractivity contribution in [3.05, 3.63) is 72.5 Å². The quantitative estimate of drug-likeness (QED) is 0.757. The summed E-state index contributed by atoms with van der Waals surface area (Å²) >= 11 is 0. The normalized spacial score (nSPS) is 13.7. The molecule has 0 fully saturated rings. The predicted molar refractivity (Wildman–Crippen MR) is 104 cm³/mol. The molecule has 1 aliphatic rings. The maximum absolute atomic E-state index is 9.12. The zero-order chi connectivity index (χ0) is 18.6. The first kappa shape index (κ1) is 17.1. The van der Waals surface area contributed by atoms with Crippen LogP contribution in [0, 0.1) is 0 Å². The monoisotopic (exact) mass is 360 g/mol. The Balaban J connectivity index is 1.53. The van der Waals surface area contributed by atoms with Crippen molar-refractivity contribution in [3.63, 3.8) is 0 Å². The Bertz CT molecular complexity index is 990. The number of rotatable bonds is 5. The second-order valence-electron chi connectivity index (χ2n) is 6.42. The van der Waals surface area contributed by atoms with Crippen molar-refractivity contribution in [1.82, 2.24) is 19.7 Å². The number of allylic oxidation sites excluding steroid dienone is 1. The van der Waals surface area contributed by atoms with Crippen LogP contribution >= 0.6 is 0 Å². The van der Waals surface area contributed by atoms with E-state index in [1.807, 2.05) is 36.6 Å². The second-order valence-corrected chi connectivity index (χ2v) is 6.42. The van der Waals surface area contributed by atoms with Gasteiger partial charge in [0.25, 0.3) is 0 Å². The van der Waals surface area contributed by atoms with E-state index in [1.165, 1.54) is 0 Å². The van der Waals surface area contributed by atoms with Crippen molar-refractivity contribution in [1.29, 1.82) is 0 Å². The standard InChI is InChI=1S/C20H20N6O/c1-25-13-19(12-23-25)26-7-3-6-18(24-26)9-15-4-2-5-17(8-15)20-21-10-16(14-27)11-22-20/h2-5,7-8,10-13,27H,6,9,14H2,1H3. The summed E-state index contributed by atoms with van der Waals surface area (Å²) < 4.78 is 1.76. The molecule has 136 valence electrons. The van der Waals surface area contributed by atoms with Gasteiger partial charge in [-0.1, -0.05) is 24.3 Å². The molecular formula is C20H20N6O. The Labute approximate surface area is 157 Å². The molecule has 4 rings (SSSR count). The Morgan fingerprint density at radius 2 is 1.96 bits per heavy atom. The lowest BCUT2D eigenvalue weighted by Gasteiger charge is -2.18. The molecule has 0 aliphatic carbocycles. The van der Waals surface area contributed by atoms with E-state index >= 15 is 0 Å². The number of anilines is 1. The number of hydrogen-bond donors (Lipinski definition) is 1. The van der Waals surface area contributed by atoms with Gasteiger partial charge in [-0.25, -0.2) is 15.0 Å². The molecule has 27 heavy (non-hydrogen) atoms. The van der Waals surface area contributed by atoms with Crippen LogP contribution in [0.1, 0.15) is 17.5 Å². The number of aliphatic hydroxyl groups is 1. The van der Waals surface area contributed by atoms with Gasteiger partial charge >= 0.3 is 0 Å². The van der Waals surface area contributed by atoms with Gasteiger partial charge in [0.05, 0.1) is 19.0 Å². The number of hydrazone groups is 1. The molecule has 0 saturated heterocycles. The van der Waals surface area contributed by atoms with Crippen LogP contribution in [0.5, 0.6) is 0 Å². The summed E-state index contributed by atoms with van der Waals surface area (Å²) in [5, 5.41) is 19.9. The number of aliphatic hydroxyl groups excluding tert-OH is 1. The molecule has 0 amide bonds. The zero-order valence-electron chi connectivity index (χ0n) is 15.0. The number of nitrogens with zero attached hydrogens (tertiary/aromatic N) is 6. The molecule has 0 bridgehead atoms. The summed E-state index contributed by atoms with van der Waals surface area (Å²) in [7, 11) is 1.89. The Morgan fingerprint density at radius 3 is 2.70 bits per heavy atom. The van der Waals surface area contributed by atoms with Gasteiger partial charge in [-0.2, -0.15) is 10.2 Å². The van der Waals surface area contributed by atoms with Gasteiger partial charge in [0, 0.05) is 55.3 Å². The first-order valence-electron chi connectivity index (χ1n) is 8.73. The minimum Gasteiger partial charge on any atom is -0.392 e. The molecule has 7 nitrogen and oxygen atoms in total. The topological polar surface area (TPSA) is 79.4 Å². The minimum absolute atomic E-state index is 0.0545. The molecular weight excluding hydrogens is 340 g/mol. The van der Waals surface area contributed by atoms with Crippen LogP contribution in [0.15, 0.2) is 66.4 Å². The fourth-order valence-electron chi connectivity index (χ4n) is 2.93. The third kappa shape index (κ3) is 3.93. The smallest absolute Gasteiger partial charge is 0.159 e. The van der Waals surface area contributed by atoms with Crippen molar-refractivity contribution in [2.75, 3.05) is 5.01 Å². The minimum atomic E-state index is -0.0545. The van der Waals surface area contributed by atoms with Crippen LogP contribution in [0.3, 0.4) is 0 Å². The summed E-state index contributed by atoms with van der Waals surface area (Å²) in [5.41, 5.74) is 4.83. The molecule has 0 spiro atoms. The molecule has 1 N–H and O–H groups in total. The molecule has 1 aliphatic heterocycles. The molecule has 3 aromatic rings. The largest absolute Gasteiger partial charge is 0.392 e. The van der Waals surface area contributed by atoms with Crippen molar-refractivity contribution in [2.45, 2.75) is 19.4 Å². The van der Waals surface area contributed by atoms with E-state index in [2.05, 4.69) is 33.3 Å². The summed E-state index contributed by atoms with van der Waals surface area (Å²) in [6, 6.07) is 8.16. The van der Waals surface area contributed by atoms with E-state index in [4.69, 9.17) is 10.2 Å². The molecule has 0 radical (unpaired) electrons. The zero-order valence-corrected chi connectivity index (χ0v) is 15.0. The number of hydrogen-bond acceptors (Lipinski definition) is 6. The first-order valence-corrected chi connectivity index (χ1v) is 8.73. The highest BCUT2D eigenvalue weighted by Crippen LogP contribution is 2.20. The molecule has 2 aromatic heterocycles. The van der Waals surface area contributed by atoms with Gasteiger partial charge in [0.1, 0.15) is 5.69 Å². The molecule has 1 aromatic carbocycles. The predicted octanol–water partition coefficient (Wildman–Crippen LogP) is 2.69. The average molecular weight is 360 g/mol. The van der Waals surface area contributed by atoms with E-state index in [9.17, 15) is 0 Å². The van der Waals surface area contributed by atoms with Gasteiger partial charge in [-0.05, 0) is 11.6 Å². The fourth-order valence-corrected chi connectivity index (χ4v) is 2.93. The number of benzene rings is 1. The van der Waals surface area contributed by atoms with E-state index in [-0.39, 0.29) is 6.61 Å². The summed E-state index contributed by atoms with van der Waals surface area (Å²) in [5.74, 6) is 0.650. The first-order chi connectivity index (χ1) is 13.2. The van der Waals surface area contributed by atoms with E-state index < -0.39 is 0 Å². The SMILES string of the molecule is Cn1cc(N2C=CCC(Cc3cccc(-c4ncc(CO)cn4)c3)=N2)cn1. The third-order valence-electron chi connectivity index (χ3n) is 4.29. The van der Waals surface area contributed by atoms with E-state index in [1.54, 1.807) is 23.3 Å². The third-order valence-corrected chi connectivity index (χ3v) is 4.29. The van der Waals surface area contributed by atoms with Crippen LogP contribution in [-0.2, 0) is 20.1 Å². The lowest BCUT2D eigenvalue weighted by atomic mass is 10.0. The van der Waals surface area contributed by atoms with Crippen molar-refractivity contribution in [2.24, 2.45) is 12.1 Å². The van der Waals surface area contributed by atoms with Gasteiger partial charge in [0.15, 0.2) is 5.82 Å². The molecule has 7 heteroatoms. The Morgan fingerprint density at radius 1 is 1.11 bits per heavy atom. The number of aromatic nitrogens is 4. The van der Waals surface area contributed by atoms with Crippen LogP contribution in [-0.4, -0.2) is 30.6 Å². The molecule has 0 saturated carbocycles. The van der Waals surface area contributed by atoms with Gasteiger partial charge in [0.2, 0.25) is 0 Å². The van der Waals surface area contributed by atoms with Crippen molar-refractivity contribution in [3.8, 4) is 11.4 Å². The van der Waals surface area contributed by atoms with E-state index in [0.717, 1.165) is 35.4 Å². The average Bonchev–Trinajstić information content (AvgIpc) is 3.15. The highest BCUT2D eigenvalue weighted by molar-refractivity contribution is 5.89. The summed E-state index contributed by atoms with van der Waals surface area (Å²) in [6.07, 6.45) is 12.7. The van der Waals surface area contributed by atoms with Gasteiger partial charge in [-0.15, -0.1) is 0 Å². The lowest BCUT2D eigenvalue weighted by Crippen LogP contribution is -2.17.